The van der Waals surface area contributed by atoms with Crippen molar-refractivity contribution in [2.24, 2.45) is 0 Å². The first-order valence-corrected chi connectivity index (χ1v) is 6.81. The highest BCUT2D eigenvalue weighted by atomic mass is 16.7. The number of rotatable bonds is 5. The Labute approximate surface area is 129 Å². The summed E-state index contributed by atoms with van der Waals surface area (Å²) in [5, 5.41) is 56.2. The molecule has 2 fully saturated rings. The second-order valence-corrected chi connectivity index (χ2v) is 5.22. The second-order valence-electron chi connectivity index (χ2n) is 5.22. The molecular weight excluding hydrogens is 320 g/mol. The van der Waals surface area contributed by atoms with Gasteiger partial charge in [0.25, 0.3) is 0 Å². The van der Waals surface area contributed by atoms with E-state index in [4.69, 9.17) is 19.7 Å². The van der Waals surface area contributed by atoms with Crippen LogP contribution in [0.25, 0.3) is 0 Å². The zero-order valence-electron chi connectivity index (χ0n) is 11.8. The van der Waals surface area contributed by atoms with Crippen LogP contribution >= 0.6 is 0 Å². The summed E-state index contributed by atoms with van der Waals surface area (Å²) in [6, 6.07) is 0. The van der Waals surface area contributed by atoms with E-state index in [0.29, 0.717) is 0 Å². The van der Waals surface area contributed by atoms with Crippen molar-refractivity contribution in [2.45, 2.75) is 49.0 Å². The van der Waals surface area contributed by atoms with E-state index in [0.717, 1.165) is 0 Å². The smallest absolute Gasteiger partial charge is 0.344 e. The van der Waals surface area contributed by atoms with E-state index < -0.39 is 74.0 Å². The summed E-state index contributed by atoms with van der Waals surface area (Å²) in [7, 11) is 0. The minimum atomic E-state index is -1.84. The lowest BCUT2D eigenvalue weighted by Gasteiger charge is -2.39. The maximum Gasteiger partial charge on any atom is 0.344 e. The normalized spacial score (nSPS) is 42.6. The molecule has 8 atom stereocenters. The number of aliphatic hydroxyl groups is 6. The third-order valence-electron chi connectivity index (χ3n) is 3.65. The van der Waals surface area contributed by atoms with Crippen LogP contribution in [0.4, 0.5) is 0 Å². The first kappa shape index (κ1) is 18.2. The minimum absolute atomic E-state index is 0.709. The van der Waals surface area contributed by atoms with Gasteiger partial charge in [-0.3, -0.25) is 4.79 Å². The van der Waals surface area contributed by atoms with E-state index in [1.54, 1.807) is 0 Å². The first-order chi connectivity index (χ1) is 10.8. The van der Waals surface area contributed by atoms with Gasteiger partial charge in [-0.1, -0.05) is 0 Å². The average Bonchev–Trinajstić information content (AvgIpc) is 2.82. The minimum Gasteiger partial charge on any atom is -0.449 e. The van der Waals surface area contributed by atoms with Crippen LogP contribution in [0, 0.1) is 0 Å². The molecule has 6 N–H and O–H groups in total. The predicted octanol–water partition coefficient (Wildman–Crippen LogP) is -4.98. The predicted molar refractivity (Wildman–Crippen MR) is 66.6 cm³/mol. The van der Waals surface area contributed by atoms with Gasteiger partial charge in [0.2, 0.25) is 11.9 Å². The third kappa shape index (κ3) is 3.36. The lowest BCUT2D eigenvalue weighted by Crippen LogP contribution is -2.60. The molecule has 0 radical (unpaired) electrons. The molecule has 2 rings (SSSR count). The zero-order chi connectivity index (χ0) is 17.3. The highest BCUT2D eigenvalue weighted by Gasteiger charge is 2.52. The largest absolute Gasteiger partial charge is 0.449 e. The highest BCUT2D eigenvalue weighted by molar-refractivity contribution is 6.09. The third-order valence-corrected chi connectivity index (χ3v) is 3.65. The van der Waals surface area contributed by atoms with E-state index in [1.165, 1.54) is 0 Å². The molecule has 2 saturated heterocycles. The van der Waals surface area contributed by atoms with Crippen molar-refractivity contribution in [2.75, 3.05) is 13.2 Å². The van der Waals surface area contributed by atoms with Crippen LogP contribution in [0.2, 0.25) is 0 Å². The van der Waals surface area contributed by atoms with Crippen LogP contribution in [0.3, 0.4) is 0 Å². The van der Waals surface area contributed by atoms with E-state index >= 15 is 0 Å². The molecule has 0 aromatic rings. The Kier molecular flexibility index (Phi) is 5.65. The Morgan fingerprint density at radius 3 is 2.30 bits per heavy atom. The van der Waals surface area contributed by atoms with Crippen LogP contribution in [0.15, 0.2) is 0 Å². The van der Waals surface area contributed by atoms with Crippen LogP contribution in [-0.4, -0.2) is 105 Å². The van der Waals surface area contributed by atoms with Crippen LogP contribution in [-0.2, 0) is 23.8 Å². The fraction of sp³-hybridized carbons (Fsp3) is 0.833. The van der Waals surface area contributed by atoms with Crippen molar-refractivity contribution in [3.63, 3.8) is 0 Å². The number of hydrogen-bond acceptors (Lipinski definition) is 11. The summed E-state index contributed by atoms with van der Waals surface area (Å²) < 4.78 is 14.6. The van der Waals surface area contributed by atoms with Gasteiger partial charge >= 0.3 is 5.97 Å². The summed E-state index contributed by atoms with van der Waals surface area (Å²) in [6.07, 6.45) is -13.2. The van der Waals surface area contributed by atoms with Crippen molar-refractivity contribution in [3.05, 3.63) is 0 Å². The average molecular weight is 338 g/mol. The molecular formula is C12H18O11. The van der Waals surface area contributed by atoms with Crippen LogP contribution < -0.4 is 0 Å². The number of hydrogen-bond donors (Lipinski definition) is 6. The van der Waals surface area contributed by atoms with Crippen LogP contribution in [0.1, 0.15) is 0 Å². The molecule has 0 aromatic carbocycles. The Morgan fingerprint density at radius 1 is 1.09 bits per heavy atom. The molecule has 11 nitrogen and oxygen atoms in total. The molecule has 0 amide bonds. The summed E-state index contributed by atoms with van der Waals surface area (Å²) in [4.78, 5) is 23.6. The summed E-state index contributed by atoms with van der Waals surface area (Å²) in [5.74, 6) is -2.15. The van der Waals surface area contributed by atoms with Gasteiger partial charge in [0.15, 0.2) is 12.4 Å². The van der Waals surface area contributed by atoms with Gasteiger partial charge in [-0.2, -0.15) is 0 Å². The molecule has 0 aliphatic carbocycles. The number of carbonyl (C=O) groups excluding carboxylic acids is 2. The molecule has 11 heteroatoms. The van der Waals surface area contributed by atoms with Gasteiger partial charge in [0, 0.05) is 0 Å². The molecule has 0 saturated carbocycles. The van der Waals surface area contributed by atoms with E-state index in [2.05, 4.69) is 4.74 Å². The Bertz CT molecular complexity index is 452. The lowest BCUT2D eigenvalue weighted by atomic mass is 9.99. The monoisotopic (exact) mass is 338 g/mol. The van der Waals surface area contributed by atoms with Gasteiger partial charge in [0.05, 0.1) is 13.2 Å². The molecule has 2 aliphatic heterocycles. The van der Waals surface area contributed by atoms with Gasteiger partial charge in [-0.25, -0.2) is 4.79 Å². The van der Waals surface area contributed by atoms with Crippen molar-refractivity contribution in [1.29, 1.82) is 0 Å². The molecule has 0 unspecified atom stereocenters. The molecule has 0 spiro atoms. The van der Waals surface area contributed by atoms with Gasteiger partial charge < -0.3 is 44.8 Å². The quantitative estimate of drug-likeness (QED) is 0.208. The molecule has 132 valence electrons. The standard InChI is InChI=1S/C12H18O11/c13-1-3(15)9-8(19)10(11(20)22-9)23-12-7(18)6(17)5(16)4(2-14)21-12/h3-7,9-10,12-18H,1-2H2/t3-,4+,5+,6-,7+,9+,10-,12+/m0/s1. The summed E-state index contributed by atoms with van der Waals surface area (Å²) in [5.41, 5.74) is 0. The Balaban J connectivity index is 2.08. The summed E-state index contributed by atoms with van der Waals surface area (Å²) >= 11 is 0. The summed E-state index contributed by atoms with van der Waals surface area (Å²) in [6.45, 7) is -1.53. The van der Waals surface area contributed by atoms with Crippen molar-refractivity contribution < 1.29 is 54.4 Å². The number of esters is 1. The van der Waals surface area contributed by atoms with Gasteiger partial charge in [0.1, 0.15) is 30.5 Å². The number of ketones is 1. The molecule has 0 bridgehead atoms. The number of aliphatic hydroxyl groups excluding tert-OH is 6. The van der Waals surface area contributed by atoms with Gasteiger partial charge in [-0.15, -0.1) is 0 Å². The second kappa shape index (κ2) is 7.15. The number of cyclic esters (lactones) is 1. The topological polar surface area (TPSA) is 183 Å². The number of carbonyl (C=O) groups is 2. The Morgan fingerprint density at radius 2 is 1.74 bits per heavy atom. The zero-order valence-corrected chi connectivity index (χ0v) is 11.8. The number of ether oxygens (including phenoxy) is 3. The Hall–Kier alpha value is -1.18. The fourth-order valence-electron chi connectivity index (χ4n) is 2.31. The molecule has 2 aliphatic rings. The van der Waals surface area contributed by atoms with Gasteiger partial charge in [-0.05, 0) is 0 Å². The highest BCUT2D eigenvalue weighted by Crippen LogP contribution is 2.26. The van der Waals surface area contributed by atoms with E-state index in [1.807, 2.05) is 0 Å². The molecule has 0 aromatic heterocycles. The maximum atomic E-state index is 12.0. The van der Waals surface area contributed by atoms with E-state index in [-0.39, 0.29) is 0 Å². The number of Topliss-reactive ketones (excluding diaryl/α,β-unsaturated/α-hetero) is 1. The van der Waals surface area contributed by atoms with Crippen molar-refractivity contribution >= 4 is 11.8 Å². The van der Waals surface area contributed by atoms with Crippen LogP contribution in [0.5, 0.6) is 0 Å². The molecule has 23 heavy (non-hydrogen) atoms. The van der Waals surface area contributed by atoms with E-state index in [9.17, 15) is 30.0 Å². The first-order valence-electron chi connectivity index (χ1n) is 6.81. The van der Waals surface area contributed by atoms with Crippen molar-refractivity contribution in [1.82, 2.24) is 0 Å². The fourth-order valence-corrected chi connectivity index (χ4v) is 2.31. The SMILES string of the molecule is O=C1O[C@H]([C@@H](O)CO)C(=O)[C@@H]1O[C@H]1O[C@H](CO)[C@@H](O)[C@H](O)[C@H]1O. The molecule has 2 heterocycles. The van der Waals surface area contributed by atoms with Crippen molar-refractivity contribution in [3.8, 4) is 0 Å². The lowest BCUT2D eigenvalue weighted by molar-refractivity contribution is -0.305. The maximum absolute atomic E-state index is 12.0.